The third-order valence-corrected chi connectivity index (χ3v) is 5.61. The van der Waals surface area contributed by atoms with Gasteiger partial charge in [-0.25, -0.2) is 0 Å². The first-order chi connectivity index (χ1) is 13.1. The van der Waals surface area contributed by atoms with E-state index in [1.807, 2.05) is 6.07 Å². The quantitative estimate of drug-likeness (QED) is 0.733. The second kappa shape index (κ2) is 9.56. The molecule has 4 heteroatoms. The van der Waals surface area contributed by atoms with E-state index in [1.165, 1.54) is 27.3 Å². The number of quaternary nitrogens is 1. The van der Waals surface area contributed by atoms with Crippen molar-refractivity contribution in [3.05, 3.63) is 65.2 Å². The lowest BCUT2D eigenvalue weighted by molar-refractivity contribution is -0.892. The Kier molecular flexibility index (Phi) is 6.88. The zero-order chi connectivity index (χ0) is 19.1. The maximum atomic E-state index is 12.2. The highest BCUT2D eigenvalue weighted by atomic mass is 16.2. The molecule has 144 valence electrons. The number of aryl methyl sites for hydroxylation is 2. The summed E-state index contributed by atoms with van der Waals surface area (Å²) in [6, 6.07) is 17.0. The lowest BCUT2D eigenvalue weighted by Crippen LogP contribution is -3.16. The van der Waals surface area contributed by atoms with Crippen LogP contribution in [-0.4, -0.2) is 45.2 Å². The smallest absolute Gasteiger partial charge is 0.275 e. The highest BCUT2D eigenvalue weighted by Gasteiger charge is 2.23. The molecule has 0 unspecified atom stereocenters. The Bertz CT molecular complexity index is 737. The number of hydrogen-bond acceptors (Lipinski definition) is 2. The van der Waals surface area contributed by atoms with Gasteiger partial charge >= 0.3 is 0 Å². The normalized spacial score (nSPS) is 15.0. The SMILES string of the molecule is Cc1cccc(N2CC[NH+](CC(=O)NCCCc3ccccc3)CC2)c1C. The minimum absolute atomic E-state index is 0.179. The van der Waals surface area contributed by atoms with E-state index in [2.05, 4.69) is 66.5 Å². The van der Waals surface area contributed by atoms with Crippen molar-refractivity contribution < 1.29 is 9.69 Å². The highest BCUT2D eigenvalue weighted by Crippen LogP contribution is 2.22. The molecule has 0 saturated carbocycles. The Morgan fingerprint density at radius 1 is 1.04 bits per heavy atom. The number of nitrogens with zero attached hydrogens (tertiary/aromatic N) is 1. The van der Waals surface area contributed by atoms with Gasteiger partial charge in [0.15, 0.2) is 6.54 Å². The van der Waals surface area contributed by atoms with Gasteiger partial charge in [-0.05, 0) is 49.4 Å². The Balaban J connectivity index is 1.36. The molecule has 0 atom stereocenters. The number of rotatable bonds is 7. The molecule has 0 aromatic heterocycles. The van der Waals surface area contributed by atoms with E-state index in [0.717, 1.165) is 45.6 Å². The summed E-state index contributed by atoms with van der Waals surface area (Å²) in [5, 5.41) is 3.09. The van der Waals surface area contributed by atoms with E-state index < -0.39 is 0 Å². The van der Waals surface area contributed by atoms with Crippen molar-refractivity contribution in [2.24, 2.45) is 0 Å². The largest absolute Gasteiger partial charge is 0.360 e. The first-order valence-electron chi connectivity index (χ1n) is 10.1. The van der Waals surface area contributed by atoms with Gasteiger partial charge in [0, 0.05) is 12.2 Å². The summed E-state index contributed by atoms with van der Waals surface area (Å²) in [5.41, 5.74) is 5.40. The zero-order valence-electron chi connectivity index (χ0n) is 16.6. The number of carbonyl (C=O) groups is 1. The number of benzene rings is 2. The van der Waals surface area contributed by atoms with Crippen molar-refractivity contribution in [1.82, 2.24) is 5.32 Å². The molecule has 1 amide bonds. The Morgan fingerprint density at radius 3 is 2.52 bits per heavy atom. The third-order valence-electron chi connectivity index (χ3n) is 5.61. The Morgan fingerprint density at radius 2 is 1.78 bits per heavy atom. The molecule has 1 heterocycles. The van der Waals surface area contributed by atoms with Gasteiger partial charge in [0.05, 0.1) is 26.2 Å². The summed E-state index contributed by atoms with van der Waals surface area (Å²) in [6.45, 7) is 9.79. The first kappa shape index (κ1) is 19.4. The summed E-state index contributed by atoms with van der Waals surface area (Å²) >= 11 is 0. The summed E-state index contributed by atoms with van der Waals surface area (Å²) in [4.78, 5) is 16.1. The summed E-state index contributed by atoms with van der Waals surface area (Å²) in [6.07, 6.45) is 2.01. The average Bonchev–Trinajstić information content (AvgIpc) is 2.69. The van der Waals surface area contributed by atoms with Crippen LogP contribution in [0.25, 0.3) is 0 Å². The molecule has 27 heavy (non-hydrogen) atoms. The molecule has 1 saturated heterocycles. The monoisotopic (exact) mass is 366 g/mol. The van der Waals surface area contributed by atoms with Crippen molar-refractivity contribution in [1.29, 1.82) is 0 Å². The van der Waals surface area contributed by atoms with E-state index in [9.17, 15) is 4.79 Å². The van der Waals surface area contributed by atoms with Crippen LogP contribution >= 0.6 is 0 Å². The number of nitrogens with one attached hydrogen (secondary N) is 2. The highest BCUT2D eigenvalue weighted by molar-refractivity contribution is 5.76. The van der Waals surface area contributed by atoms with E-state index >= 15 is 0 Å². The predicted molar refractivity (Wildman–Crippen MR) is 111 cm³/mol. The molecule has 1 aliphatic rings. The van der Waals surface area contributed by atoms with Crippen LogP contribution in [-0.2, 0) is 11.2 Å². The molecule has 0 aliphatic carbocycles. The molecule has 2 N–H and O–H groups in total. The second-order valence-electron chi connectivity index (χ2n) is 7.57. The van der Waals surface area contributed by atoms with Crippen LogP contribution in [0.5, 0.6) is 0 Å². The minimum Gasteiger partial charge on any atom is -0.360 e. The molecule has 3 rings (SSSR count). The van der Waals surface area contributed by atoms with Gasteiger partial charge in [-0.15, -0.1) is 0 Å². The van der Waals surface area contributed by atoms with E-state index in [-0.39, 0.29) is 5.91 Å². The maximum Gasteiger partial charge on any atom is 0.275 e. The number of carbonyl (C=O) groups excluding carboxylic acids is 1. The van der Waals surface area contributed by atoms with Gasteiger partial charge in [-0.2, -0.15) is 0 Å². The van der Waals surface area contributed by atoms with Crippen LogP contribution in [0, 0.1) is 13.8 Å². The van der Waals surface area contributed by atoms with E-state index in [4.69, 9.17) is 0 Å². The Labute approximate surface area is 163 Å². The number of amides is 1. The zero-order valence-corrected chi connectivity index (χ0v) is 16.6. The van der Waals surface area contributed by atoms with Crippen LogP contribution in [0.15, 0.2) is 48.5 Å². The van der Waals surface area contributed by atoms with Gasteiger partial charge < -0.3 is 15.1 Å². The summed E-state index contributed by atoms with van der Waals surface area (Å²) in [7, 11) is 0. The van der Waals surface area contributed by atoms with Crippen molar-refractivity contribution >= 4 is 11.6 Å². The molecule has 0 radical (unpaired) electrons. The lowest BCUT2D eigenvalue weighted by Gasteiger charge is -2.34. The van der Waals surface area contributed by atoms with Crippen LogP contribution in [0.4, 0.5) is 5.69 Å². The number of hydrogen-bond donors (Lipinski definition) is 2. The second-order valence-corrected chi connectivity index (χ2v) is 7.57. The molecule has 2 aromatic carbocycles. The molecule has 0 bridgehead atoms. The standard InChI is InChI=1S/C23H31N3O/c1-19-8-6-12-22(20(19)2)26-16-14-25(15-17-26)18-23(27)24-13-7-11-21-9-4-3-5-10-21/h3-6,8-10,12H,7,11,13-18H2,1-2H3,(H,24,27)/p+1. The maximum absolute atomic E-state index is 12.2. The van der Waals surface area contributed by atoms with Crippen LogP contribution < -0.4 is 15.1 Å². The average molecular weight is 367 g/mol. The van der Waals surface area contributed by atoms with E-state index in [1.54, 1.807) is 0 Å². The topological polar surface area (TPSA) is 36.8 Å². The molecule has 4 nitrogen and oxygen atoms in total. The number of piperazine rings is 1. The molecule has 1 aliphatic heterocycles. The molecule has 1 fully saturated rings. The third kappa shape index (κ3) is 5.57. The van der Waals surface area contributed by atoms with Crippen molar-refractivity contribution in [2.45, 2.75) is 26.7 Å². The van der Waals surface area contributed by atoms with Crippen LogP contribution in [0.3, 0.4) is 0 Å². The van der Waals surface area contributed by atoms with Gasteiger partial charge in [0.2, 0.25) is 0 Å². The van der Waals surface area contributed by atoms with Crippen molar-refractivity contribution in [2.75, 3.05) is 44.2 Å². The van der Waals surface area contributed by atoms with Crippen molar-refractivity contribution in [3.63, 3.8) is 0 Å². The van der Waals surface area contributed by atoms with Crippen molar-refractivity contribution in [3.8, 4) is 0 Å². The fourth-order valence-electron chi connectivity index (χ4n) is 3.77. The fraction of sp³-hybridized carbons (Fsp3) is 0.435. The molecular formula is C23H32N3O+. The summed E-state index contributed by atoms with van der Waals surface area (Å²) in [5.74, 6) is 0.179. The molecular weight excluding hydrogens is 334 g/mol. The summed E-state index contributed by atoms with van der Waals surface area (Å²) < 4.78 is 0. The van der Waals surface area contributed by atoms with Crippen LogP contribution in [0.1, 0.15) is 23.1 Å². The van der Waals surface area contributed by atoms with Gasteiger partial charge in [0.1, 0.15) is 0 Å². The lowest BCUT2D eigenvalue weighted by atomic mass is 10.1. The molecule has 2 aromatic rings. The molecule has 0 spiro atoms. The van der Waals surface area contributed by atoms with Crippen LogP contribution in [0.2, 0.25) is 0 Å². The Hall–Kier alpha value is -2.33. The van der Waals surface area contributed by atoms with Gasteiger partial charge in [-0.1, -0.05) is 42.5 Å². The van der Waals surface area contributed by atoms with Gasteiger partial charge in [-0.3, -0.25) is 4.79 Å². The number of anilines is 1. The first-order valence-corrected chi connectivity index (χ1v) is 10.1. The predicted octanol–water partition coefficient (Wildman–Crippen LogP) is 1.76. The fourth-order valence-corrected chi connectivity index (χ4v) is 3.77. The van der Waals surface area contributed by atoms with Gasteiger partial charge in [0.25, 0.3) is 5.91 Å². The van der Waals surface area contributed by atoms with E-state index in [0.29, 0.717) is 6.54 Å². The minimum atomic E-state index is 0.179.